The van der Waals surface area contributed by atoms with E-state index in [1.165, 1.54) is 0 Å². The van der Waals surface area contributed by atoms with Crippen LogP contribution in [0.4, 0.5) is 4.79 Å². The Bertz CT molecular complexity index is 1310. The molecule has 0 saturated heterocycles. The van der Waals surface area contributed by atoms with Gasteiger partial charge in [0, 0.05) is 16.1 Å². The minimum atomic E-state index is -0.589. The van der Waals surface area contributed by atoms with Gasteiger partial charge in [0.1, 0.15) is 23.6 Å². The second-order valence-corrected chi connectivity index (χ2v) is 11.8. The summed E-state index contributed by atoms with van der Waals surface area (Å²) in [6.45, 7) is 13.1. The molecule has 3 rings (SSSR count). The van der Waals surface area contributed by atoms with E-state index in [-0.39, 0.29) is 25.0 Å². The lowest BCUT2D eigenvalue weighted by Gasteiger charge is -2.22. The molecule has 2 aromatic carbocycles. The number of para-hydroxylation sites is 1. The Labute approximate surface area is 235 Å². The van der Waals surface area contributed by atoms with Crippen molar-refractivity contribution in [1.82, 2.24) is 10.3 Å². The van der Waals surface area contributed by atoms with Gasteiger partial charge in [-0.25, -0.2) is 4.79 Å². The van der Waals surface area contributed by atoms with Gasteiger partial charge in [-0.1, -0.05) is 35.9 Å². The molecule has 0 fully saturated rings. The number of aromatic nitrogens is 1. The van der Waals surface area contributed by atoms with E-state index in [4.69, 9.17) is 30.8 Å². The van der Waals surface area contributed by atoms with Gasteiger partial charge in [-0.2, -0.15) is 0 Å². The molecule has 0 aliphatic heterocycles. The van der Waals surface area contributed by atoms with Gasteiger partial charge in [0.15, 0.2) is 0 Å². The highest BCUT2D eigenvalue weighted by Crippen LogP contribution is 2.27. The van der Waals surface area contributed by atoms with Gasteiger partial charge in [0.25, 0.3) is 0 Å². The van der Waals surface area contributed by atoms with Gasteiger partial charge >= 0.3 is 12.1 Å². The van der Waals surface area contributed by atoms with Crippen LogP contribution in [-0.2, 0) is 27.3 Å². The normalized spacial score (nSPS) is 12.4. The van der Waals surface area contributed by atoms with Gasteiger partial charge in [-0.05, 0) is 90.4 Å². The highest BCUT2D eigenvalue weighted by Gasteiger charge is 2.20. The minimum absolute atomic E-state index is 0.112. The van der Waals surface area contributed by atoms with E-state index >= 15 is 0 Å². The second-order valence-electron chi connectivity index (χ2n) is 11.3. The first-order valence-corrected chi connectivity index (χ1v) is 13.3. The summed E-state index contributed by atoms with van der Waals surface area (Å²) in [7, 11) is 0. The number of carbonyl (C=O) groups excluding carboxylic acids is 2. The standard InChI is InChI=1S/C31H37ClN2O5/c1-20(33-29(36)39-31(5,6)7)25-12-10-13-26(34-25)23-15-21(16-24(32)17-23)19-37-27-14-9-8-11-22(27)18-28(35)38-30(2,3)4/h8-17,20H,18-19H2,1-7H3,(H,33,36). The molecule has 0 aliphatic carbocycles. The molecule has 0 radical (unpaired) electrons. The minimum Gasteiger partial charge on any atom is -0.489 e. The molecule has 1 amide bonds. The van der Waals surface area contributed by atoms with Crippen LogP contribution in [0.3, 0.4) is 0 Å². The summed E-state index contributed by atoms with van der Waals surface area (Å²) in [5, 5.41) is 3.36. The van der Waals surface area contributed by atoms with Crippen LogP contribution in [0.1, 0.15) is 71.3 Å². The van der Waals surface area contributed by atoms with Crippen LogP contribution in [0, 0.1) is 0 Å². The van der Waals surface area contributed by atoms with Crippen LogP contribution < -0.4 is 10.1 Å². The zero-order valence-electron chi connectivity index (χ0n) is 23.6. The molecule has 7 nitrogen and oxygen atoms in total. The fourth-order valence-corrected chi connectivity index (χ4v) is 4.04. The van der Waals surface area contributed by atoms with Crippen LogP contribution in [0.15, 0.2) is 60.7 Å². The maximum absolute atomic E-state index is 12.4. The number of benzene rings is 2. The average molecular weight is 553 g/mol. The topological polar surface area (TPSA) is 86.8 Å². The summed E-state index contributed by atoms with van der Waals surface area (Å²) in [5.74, 6) is 0.289. The van der Waals surface area contributed by atoms with Crippen molar-refractivity contribution in [3.05, 3.63) is 82.5 Å². The number of amides is 1. The predicted molar refractivity (Wildman–Crippen MR) is 153 cm³/mol. The molecule has 0 aliphatic rings. The first-order chi connectivity index (χ1) is 18.2. The van der Waals surface area contributed by atoms with Gasteiger partial charge in [0.2, 0.25) is 0 Å². The van der Waals surface area contributed by atoms with Crippen molar-refractivity contribution >= 4 is 23.7 Å². The number of halogens is 1. The summed E-state index contributed by atoms with van der Waals surface area (Å²) in [6, 6.07) is 18.3. The molecule has 3 aromatic rings. The molecular weight excluding hydrogens is 516 g/mol. The van der Waals surface area contributed by atoms with Crippen molar-refractivity contribution in [2.45, 2.75) is 78.7 Å². The second kappa shape index (κ2) is 12.5. The highest BCUT2D eigenvalue weighted by atomic mass is 35.5. The number of pyridine rings is 1. The number of hydrogen-bond acceptors (Lipinski definition) is 6. The van der Waals surface area contributed by atoms with Gasteiger partial charge in [0.05, 0.1) is 23.9 Å². The zero-order valence-corrected chi connectivity index (χ0v) is 24.4. The van der Waals surface area contributed by atoms with Crippen molar-refractivity contribution in [3.8, 4) is 17.0 Å². The van der Waals surface area contributed by atoms with Crippen LogP contribution in [0.25, 0.3) is 11.3 Å². The van der Waals surface area contributed by atoms with Crippen LogP contribution in [-0.4, -0.2) is 28.2 Å². The Morgan fingerprint density at radius 1 is 0.923 bits per heavy atom. The highest BCUT2D eigenvalue weighted by molar-refractivity contribution is 6.30. The van der Waals surface area contributed by atoms with E-state index in [9.17, 15) is 9.59 Å². The molecule has 208 valence electrons. The van der Waals surface area contributed by atoms with E-state index in [0.29, 0.717) is 22.2 Å². The largest absolute Gasteiger partial charge is 0.489 e. The predicted octanol–water partition coefficient (Wildman–Crippen LogP) is 7.45. The summed E-state index contributed by atoms with van der Waals surface area (Å²) >= 11 is 6.46. The maximum Gasteiger partial charge on any atom is 0.408 e. The molecular formula is C31H37ClN2O5. The van der Waals surface area contributed by atoms with Crippen molar-refractivity contribution in [3.63, 3.8) is 0 Å². The molecule has 0 bridgehead atoms. The van der Waals surface area contributed by atoms with E-state index in [1.54, 1.807) is 0 Å². The fraction of sp³-hybridized carbons (Fsp3) is 0.387. The number of carbonyl (C=O) groups is 2. The SMILES string of the molecule is CC(NC(=O)OC(C)(C)C)c1cccc(-c2cc(Cl)cc(COc3ccccc3CC(=O)OC(C)(C)C)c2)n1. The van der Waals surface area contributed by atoms with E-state index in [1.807, 2.05) is 109 Å². The average Bonchev–Trinajstić information content (AvgIpc) is 2.81. The number of ether oxygens (including phenoxy) is 3. The van der Waals surface area contributed by atoms with Crippen molar-refractivity contribution < 1.29 is 23.8 Å². The van der Waals surface area contributed by atoms with Crippen molar-refractivity contribution in [1.29, 1.82) is 0 Å². The zero-order chi connectivity index (χ0) is 28.8. The number of rotatable bonds is 8. The third kappa shape index (κ3) is 9.91. The maximum atomic E-state index is 12.4. The molecule has 1 atom stereocenters. The number of hydrogen-bond donors (Lipinski definition) is 1. The first-order valence-electron chi connectivity index (χ1n) is 12.9. The van der Waals surface area contributed by atoms with Crippen molar-refractivity contribution in [2.24, 2.45) is 0 Å². The van der Waals surface area contributed by atoms with Crippen LogP contribution in [0.2, 0.25) is 5.02 Å². The fourth-order valence-electron chi connectivity index (χ4n) is 3.78. The van der Waals surface area contributed by atoms with E-state index < -0.39 is 17.3 Å². The quantitative estimate of drug-likeness (QED) is 0.292. The molecule has 1 unspecified atom stereocenters. The Morgan fingerprint density at radius 3 is 2.31 bits per heavy atom. The van der Waals surface area contributed by atoms with Crippen molar-refractivity contribution in [2.75, 3.05) is 0 Å². The molecule has 39 heavy (non-hydrogen) atoms. The lowest BCUT2D eigenvalue weighted by atomic mass is 10.1. The van der Waals surface area contributed by atoms with Crippen LogP contribution in [0.5, 0.6) is 5.75 Å². The summed E-state index contributed by atoms with van der Waals surface area (Å²) in [6.07, 6.45) is -0.392. The first kappa shape index (κ1) is 30.0. The molecule has 0 saturated carbocycles. The number of esters is 1. The number of alkyl carbamates (subject to hydrolysis) is 1. The third-order valence-electron chi connectivity index (χ3n) is 5.32. The smallest absolute Gasteiger partial charge is 0.408 e. The number of nitrogens with one attached hydrogen (secondary N) is 1. The number of nitrogens with zero attached hydrogens (tertiary/aromatic N) is 1. The Hall–Kier alpha value is -3.58. The summed E-state index contributed by atoms with van der Waals surface area (Å²) in [4.78, 5) is 29.3. The Balaban J connectivity index is 1.74. The lowest BCUT2D eigenvalue weighted by Crippen LogP contribution is -2.34. The molecule has 8 heteroatoms. The Morgan fingerprint density at radius 2 is 1.62 bits per heavy atom. The van der Waals surface area contributed by atoms with Gasteiger partial charge in [-0.3, -0.25) is 9.78 Å². The summed E-state index contributed by atoms with van der Waals surface area (Å²) < 4.78 is 16.9. The molecule has 1 heterocycles. The van der Waals surface area contributed by atoms with E-state index in [0.717, 1.165) is 16.7 Å². The monoisotopic (exact) mass is 552 g/mol. The lowest BCUT2D eigenvalue weighted by molar-refractivity contribution is -0.153. The Kier molecular flexibility index (Phi) is 9.62. The van der Waals surface area contributed by atoms with Gasteiger partial charge < -0.3 is 19.5 Å². The van der Waals surface area contributed by atoms with E-state index in [2.05, 4.69) is 5.32 Å². The molecule has 0 spiro atoms. The molecule has 1 aromatic heterocycles. The molecule has 1 N–H and O–H groups in total. The van der Waals surface area contributed by atoms with Gasteiger partial charge in [-0.15, -0.1) is 0 Å². The van der Waals surface area contributed by atoms with Crippen LogP contribution >= 0.6 is 11.6 Å². The summed E-state index contributed by atoms with van der Waals surface area (Å²) in [5.41, 5.74) is 2.65. The third-order valence-corrected chi connectivity index (χ3v) is 5.54.